The molecule has 0 bridgehead atoms. The molecular weight excluding hydrogens is 566 g/mol. The molecule has 0 aliphatic carbocycles. The van der Waals surface area contributed by atoms with Crippen molar-refractivity contribution in [1.29, 1.82) is 0 Å². The fourth-order valence-electron chi connectivity index (χ4n) is 5.15. The zero-order valence-corrected chi connectivity index (χ0v) is 23.7. The smallest absolute Gasteiger partial charge is 0.271 e. The van der Waals surface area contributed by atoms with E-state index < -0.39 is 4.92 Å². The molecule has 1 saturated heterocycles. The van der Waals surface area contributed by atoms with Gasteiger partial charge in [0, 0.05) is 39.9 Å². The highest BCUT2D eigenvalue weighted by molar-refractivity contribution is 9.10. The van der Waals surface area contributed by atoms with E-state index in [4.69, 9.17) is 17.0 Å². The molecule has 38 heavy (non-hydrogen) atoms. The third-order valence-corrected chi connectivity index (χ3v) is 8.13. The third-order valence-electron chi connectivity index (χ3n) is 6.92. The highest BCUT2D eigenvalue weighted by atomic mass is 79.9. The molecule has 4 aromatic rings. The van der Waals surface area contributed by atoms with E-state index in [2.05, 4.69) is 43.3 Å². The van der Waals surface area contributed by atoms with Crippen LogP contribution < -0.4 is 15.0 Å². The topological polar surface area (TPSA) is 85.5 Å². The van der Waals surface area contributed by atoms with Crippen molar-refractivity contribution in [2.24, 2.45) is 0 Å². The lowest BCUT2D eigenvalue weighted by molar-refractivity contribution is -0.384. The van der Waals surface area contributed by atoms with Crippen LogP contribution in [0.3, 0.4) is 0 Å². The van der Waals surface area contributed by atoms with Crippen LogP contribution in [0.5, 0.6) is 5.75 Å². The standard InChI is InChI=1S/C28H26BrN5O3S/c1-16-13-19(8-10-22(16)29)33-27(26(31-28(33)38)23-7-5-6-12-30-23)21-14-17(2)32(18(21)3)24-15-20(34(35)36)9-11-25(24)37-4/h5-15,26-27H,1-4H3,(H,31,38). The number of anilines is 1. The Hall–Kier alpha value is -3.76. The average molecular weight is 593 g/mol. The monoisotopic (exact) mass is 591 g/mol. The molecule has 2 aromatic heterocycles. The number of hydrogen-bond donors (Lipinski definition) is 1. The Labute approximate surface area is 234 Å². The Balaban J connectivity index is 1.71. The highest BCUT2D eigenvalue weighted by Crippen LogP contribution is 2.45. The predicted octanol–water partition coefficient (Wildman–Crippen LogP) is 6.65. The number of halogens is 1. The van der Waals surface area contributed by atoms with Crippen LogP contribution in [-0.4, -0.2) is 26.7 Å². The number of benzene rings is 2. The van der Waals surface area contributed by atoms with Crippen LogP contribution in [0.25, 0.3) is 5.69 Å². The summed E-state index contributed by atoms with van der Waals surface area (Å²) in [7, 11) is 1.56. The van der Waals surface area contributed by atoms with Gasteiger partial charge in [0.1, 0.15) is 5.75 Å². The minimum Gasteiger partial charge on any atom is -0.495 e. The summed E-state index contributed by atoms with van der Waals surface area (Å²) in [5, 5.41) is 15.7. The Morgan fingerprint density at radius 3 is 2.55 bits per heavy atom. The first-order valence-electron chi connectivity index (χ1n) is 12.0. The van der Waals surface area contributed by atoms with Crippen LogP contribution in [0, 0.1) is 30.9 Å². The molecule has 2 unspecified atom stereocenters. The maximum Gasteiger partial charge on any atom is 0.271 e. The molecule has 1 aliphatic rings. The van der Waals surface area contributed by atoms with E-state index in [0.29, 0.717) is 16.5 Å². The van der Waals surface area contributed by atoms with E-state index in [-0.39, 0.29) is 17.8 Å². The van der Waals surface area contributed by atoms with Gasteiger partial charge in [0.05, 0.1) is 35.5 Å². The maximum absolute atomic E-state index is 11.6. The number of nitro benzene ring substituents is 1. The summed E-state index contributed by atoms with van der Waals surface area (Å²) < 4.78 is 8.62. The van der Waals surface area contributed by atoms with Gasteiger partial charge in [-0.15, -0.1) is 0 Å². The van der Waals surface area contributed by atoms with Gasteiger partial charge >= 0.3 is 0 Å². The molecule has 194 valence electrons. The highest BCUT2D eigenvalue weighted by Gasteiger charge is 2.42. The van der Waals surface area contributed by atoms with Gasteiger partial charge in [-0.25, -0.2) is 0 Å². The number of ether oxygens (including phenoxy) is 1. The molecule has 8 nitrogen and oxygen atoms in total. The quantitative estimate of drug-likeness (QED) is 0.152. The van der Waals surface area contributed by atoms with Crippen LogP contribution >= 0.6 is 28.1 Å². The SMILES string of the molecule is COc1ccc([N+](=O)[O-])cc1-n1c(C)cc(C2C(c3ccccn3)NC(=S)N2c2ccc(Br)c(C)c2)c1C. The molecule has 0 saturated carbocycles. The fourth-order valence-corrected chi connectivity index (χ4v) is 5.74. The number of nitro groups is 1. The van der Waals surface area contributed by atoms with Crippen molar-refractivity contribution in [2.75, 3.05) is 12.0 Å². The van der Waals surface area contributed by atoms with Crippen LogP contribution in [-0.2, 0) is 0 Å². The molecule has 10 heteroatoms. The predicted molar refractivity (Wildman–Crippen MR) is 155 cm³/mol. The molecule has 2 atom stereocenters. The molecule has 1 fully saturated rings. The Kier molecular flexibility index (Phi) is 6.93. The summed E-state index contributed by atoms with van der Waals surface area (Å²) in [4.78, 5) is 18.0. The summed E-state index contributed by atoms with van der Waals surface area (Å²) in [6.07, 6.45) is 1.78. The van der Waals surface area contributed by atoms with E-state index in [0.717, 1.165) is 38.4 Å². The average Bonchev–Trinajstić information content (AvgIpc) is 3.40. The number of methoxy groups -OCH3 is 1. The van der Waals surface area contributed by atoms with Crippen molar-refractivity contribution in [3.8, 4) is 11.4 Å². The Morgan fingerprint density at radius 2 is 1.89 bits per heavy atom. The maximum atomic E-state index is 11.6. The summed E-state index contributed by atoms with van der Waals surface area (Å²) in [5.41, 5.74) is 6.40. The van der Waals surface area contributed by atoms with Gasteiger partial charge in [-0.1, -0.05) is 22.0 Å². The van der Waals surface area contributed by atoms with E-state index >= 15 is 0 Å². The first-order valence-corrected chi connectivity index (χ1v) is 13.2. The molecule has 1 aliphatic heterocycles. The number of aryl methyl sites for hydroxylation is 2. The number of nitrogens with one attached hydrogen (secondary N) is 1. The van der Waals surface area contributed by atoms with Crippen LogP contribution in [0.1, 0.15) is 40.3 Å². The van der Waals surface area contributed by atoms with Gasteiger partial charge < -0.3 is 19.5 Å². The van der Waals surface area contributed by atoms with Gasteiger partial charge in [-0.2, -0.15) is 0 Å². The molecule has 1 N–H and O–H groups in total. The van der Waals surface area contributed by atoms with Crippen LogP contribution in [0.4, 0.5) is 11.4 Å². The molecule has 0 amide bonds. The van der Waals surface area contributed by atoms with Crippen molar-refractivity contribution >= 4 is 44.6 Å². The largest absolute Gasteiger partial charge is 0.495 e. The zero-order valence-electron chi connectivity index (χ0n) is 21.3. The molecule has 5 rings (SSSR count). The summed E-state index contributed by atoms with van der Waals surface area (Å²) >= 11 is 9.49. The first kappa shape index (κ1) is 25.9. The number of hydrogen-bond acceptors (Lipinski definition) is 5. The van der Waals surface area contributed by atoms with Crippen molar-refractivity contribution in [3.05, 3.63) is 110 Å². The van der Waals surface area contributed by atoms with Gasteiger partial charge in [0.15, 0.2) is 5.11 Å². The number of non-ortho nitro benzene ring substituents is 1. The number of rotatable bonds is 6. The molecule has 2 aromatic carbocycles. The third kappa shape index (κ3) is 4.43. The molecule has 0 spiro atoms. The number of nitrogens with zero attached hydrogens (tertiary/aromatic N) is 4. The van der Waals surface area contributed by atoms with Crippen LogP contribution in [0.15, 0.2) is 71.3 Å². The van der Waals surface area contributed by atoms with Gasteiger partial charge in [0.25, 0.3) is 5.69 Å². The zero-order chi connectivity index (χ0) is 27.1. The van der Waals surface area contributed by atoms with Gasteiger partial charge in [-0.05, 0) is 86.6 Å². The van der Waals surface area contributed by atoms with Gasteiger partial charge in [0.2, 0.25) is 0 Å². The second-order valence-electron chi connectivity index (χ2n) is 9.21. The second kappa shape index (κ2) is 10.2. The minimum absolute atomic E-state index is 0.00288. The van der Waals surface area contributed by atoms with E-state index in [1.54, 1.807) is 25.4 Å². The second-order valence-corrected chi connectivity index (χ2v) is 10.4. The lowest BCUT2D eigenvalue weighted by Crippen LogP contribution is -2.29. The number of aromatic nitrogens is 2. The molecule has 0 radical (unpaired) electrons. The van der Waals surface area contributed by atoms with Crippen LogP contribution in [0.2, 0.25) is 0 Å². The number of thiocarbonyl (C=S) groups is 1. The van der Waals surface area contributed by atoms with Gasteiger partial charge in [-0.3, -0.25) is 15.1 Å². The first-order chi connectivity index (χ1) is 18.2. The number of pyridine rings is 1. The van der Waals surface area contributed by atoms with Crippen molar-refractivity contribution in [2.45, 2.75) is 32.9 Å². The fraction of sp³-hybridized carbons (Fsp3) is 0.214. The lowest BCUT2D eigenvalue weighted by atomic mass is 9.96. The van der Waals surface area contributed by atoms with E-state index in [1.165, 1.54) is 6.07 Å². The van der Waals surface area contributed by atoms with E-state index in [1.807, 2.05) is 55.7 Å². The van der Waals surface area contributed by atoms with Crippen molar-refractivity contribution < 1.29 is 9.66 Å². The van der Waals surface area contributed by atoms with Crippen molar-refractivity contribution in [1.82, 2.24) is 14.9 Å². The van der Waals surface area contributed by atoms with E-state index in [9.17, 15) is 10.1 Å². The Bertz CT molecular complexity index is 1560. The lowest BCUT2D eigenvalue weighted by Gasteiger charge is -2.28. The molecule has 3 heterocycles. The van der Waals surface area contributed by atoms with Crippen molar-refractivity contribution in [3.63, 3.8) is 0 Å². The summed E-state index contributed by atoms with van der Waals surface area (Å²) in [5.74, 6) is 0.547. The molecular formula is C28H26BrN5O3S. The Morgan fingerprint density at radius 1 is 1.11 bits per heavy atom. The normalized spacial score (nSPS) is 17.0. The summed E-state index contributed by atoms with van der Waals surface area (Å²) in [6.45, 7) is 6.05. The summed E-state index contributed by atoms with van der Waals surface area (Å²) in [6, 6.07) is 18.3. The minimum atomic E-state index is -0.397.